The maximum absolute atomic E-state index is 13.0. The lowest BCUT2D eigenvalue weighted by Crippen LogP contribution is -2.35. The first-order chi connectivity index (χ1) is 8.31. The smallest absolute Gasteiger partial charge is 0.301 e. The number of anilines is 1. The second kappa shape index (κ2) is 5.73. The van der Waals surface area contributed by atoms with E-state index in [4.69, 9.17) is 11.6 Å². The summed E-state index contributed by atoms with van der Waals surface area (Å²) in [5, 5.41) is 9.19. The molecule has 2 N–H and O–H groups in total. The highest BCUT2D eigenvalue weighted by molar-refractivity contribution is 7.90. The Morgan fingerprint density at radius 1 is 1.39 bits per heavy atom. The van der Waals surface area contributed by atoms with E-state index in [0.29, 0.717) is 0 Å². The molecule has 0 unspecified atom stereocenters. The molecule has 0 aliphatic heterocycles. The van der Waals surface area contributed by atoms with Crippen molar-refractivity contribution in [1.29, 1.82) is 0 Å². The monoisotopic (exact) mass is 296 g/mol. The first kappa shape index (κ1) is 15.0. The highest BCUT2D eigenvalue weighted by Crippen LogP contribution is 2.30. The molecule has 0 fully saturated rings. The van der Waals surface area contributed by atoms with Gasteiger partial charge in [0, 0.05) is 19.2 Å². The van der Waals surface area contributed by atoms with Crippen molar-refractivity contribution in [1.82, 2.24) is 4.31 Å². The van der Waals surface area contributed by atoms with Crippen LogP contribution in [0.1, 0.15) is 13.8 Å². The van der Waals surface area contributed by atoms with Crippen LogP contribution in [-0.2, 0) is 10.2 Å². The van der Waals surface area contributed by atoms with Crippen LogP contribution in [0.3, 0.4) is 0 Å². The molecule has 0 atom stereocenters. The molecule has 5 nitrogen and oxygen atoms in total. The second-order valence-corrected chi connectivity index (χ2v) is 5.55. The van der Waals surface area contributed by atoms with Gasteiger partial charge in [-0.25, -0.2) is 4.39 Å². The SMILES string of the molecule is CCN(CC)S(=O)(=O)Nc1cc(Cl)c(F)cc1O. The standard InChI is InChI=1S/C10H14ClFN2O3S/c1-3-14(4-2)18(16,17)13-9-5-7(11)8(12)6-10(9)15/h5-6,13,15H,3-4H2,1-2H3. The molecule has 102 valence electrons. The van der Waals surface area contributed by atoms with Gasteiger partial charge in [0.1, 0.15) is 11.6 Å². The van der Waals surface area contributed by atoms with Gasteiger partial charge in [-0.1, -0.05) is 25.4 Å². The Hall–Kier alpha value is -1.05. The van der Waals surface area contributed by atoms with Gasteiger partial charge in [-0.05, 0) is 6.07 Å². The van der Waals surface area contributed by atoms with Gasteiger partial charge in [0.2, 0.25) is 0 Å². The van der Waals surface area contributed by atoms with Gasteiger partial charge in [0.05, 0.1) is 10.7 Å². The predicted molar refractivity (Wildman–Crippen MR) is 68.5 cm³/mol. The van der Waals surface area contributed by atoms with Crippen molar-refractivity contribution >= 4 is 27.5 Å². The summed E-state index contributed by atoms with van der Waals surface area (Å²) in [6, 6.07) is 1.77. The van der Waals surface area contributed by atoms with Crippen molar-refractivity contribution in [3.05, 3.63) is 23.0 Å². The van der Waals surface area contributed by atoms with Crippen molar-refractivity contribution < 1.29 is 17.9 Å². The molecule has 0 bridgehead atoms. The minimum Gasteiger partial charge on any atom is -0.506 e. The molecule has 0 spiro atoms. The molecule has 0 aliphatic carbocycles. The zero-order chi connectivity index (χ0) is 13.9. The highest BCUT2D eigenvalue weighted by Gasteiger charge is 2.20. The highest BCUT2D eigenvalue weighted by atomic mass is 35.5. The second-order valence-electron chi connectivity index (χ2n) is 3.47. The molecule has 18 heavy (non-hydrogen) atoms. The average Bonchev–Trinajstić information content (AvgIpc) is 2.26. The molecule has 1 aromatic carbocycles. The fourth-order valence-electron chi connectivity index (χ4n) is 1.39. The molecule has 1 rings (SSSR count). The van der Waals surface area contributed by atoms with E-state index in [1.165, 1.54) is 0 Å². The van der Waals surface area contributed by atoms with E-state index < -0.39 is 21.8 Å². The van der Waals surface area contributed by atoms with E-state index >= 15 is 0 Å². The number of benzene rings is 1. The van der Waals surface area contributed by atoms with Gasteiger partial charge in [0.15, 0.2) is 0 Å². The van der Waals surface area contributed by atoms with Crippen LogP contribution in [0.25, 0.3) is 0 Å². The number of hydrogen-bond acceptors (Lipinski definition) is 3. The zero-order valence-electron chi connectivity index (χ0n) is 9.94. The normalized spacial score (nSPS) is 11.8. The van der Waals surface area contributed by atoms with Crippen LogP contribution in [0.15, 0.2) is 12.1 Å². The molecule has 0 heterocycles. The summed E-state index contributed by atoms with van der Waals surface area (Å²) in [6.45, 7) is 3.92. The van der Waals surface area contributed by atoms with E-state index in [1.807, 2.05) is 0 Å². The fraction of sp³-hybridized carbons (Fsp3) is 0.400. The number of phenols is 1. The average molecular weight is 297 g/mol. The number of rotatable bonds is 5. The molecule has 0 saturated carbocycles. The maximum atomic E-state index is 13.0. The number of nitrogens with zero attached hydrogens (tertiary/aromatic N) is 1. The van der Waals surface area contributed by atoms with Crippen LogP contribution in [-0.4, -0.2) is 30.9 Å². The molecular weight excluding hydrogens is 283 g/mol. The molecule has 0 radical (unpaired) electrons. The third-order valence-electron chi connectivity index (χ3n) is 2.32. The van der Waals surface area contributed by atoms with E-state index in [0.717, 1.165) is 16.4 Å². The number of hydrogen-bond donors (Lipinski definition) is 2. The van der Waals surface area contributed by atoms with E-state index in [1.54, 1.807) is 13.8 Å². The summed E-state index contributed by atoms with van der Waals surface area (Å²) in [6.07, 6.45) is 0. The first-order valence-corrected chi connectivity index (χ1v) is 7.09. The van der Waals surface area contributed by atoms with Crippen LogP contribution in [0.2, 0.25) is 5.02 Å². The van der Waals surface area contributed by atoms with Crippen LogP contribution < -0.4 is 4.72 Å². The van der Waals surface area contributed by atoms with Gasteiger partial charge in [0.25, 0.3) is 0 Å². The number of halogens is 2. The van der Waals surface area contributed by atoms with Crippen LogP contribution in [0.5, 0.6) is 5.75 Å². The molecule has 0 aliphatic rings. The Morgan fingerprint density at radius 3 is 2.44 bits per heavy atom. The van der Waals surface area contributed by atoms with Gasteiger partial charge in [-0.2, -0.15) is 12.7 Å². The maximum Gasteiger partial charge on any atom is 0.301 e. The van der Waals surface area contributed by atoms with Crippen molar-refractivity contribution in [3.63, 3.8) is 0 Å². The summed E-state index contributed by atoms with van der Waals surface area (Å²) in [5.41, 5.74) is -0.159. The van der Waals surface area contributed by atoms with Crippen molar-refractivity contribution in [2.24, 2.45) is 0 Å². The first-order valence-electron chi connectivity index (χ1n) is 5.27. The Morgan fingerprint density at radius 2 is 1.94 bits per heavy atom. The predicted octanol–water partition coefficient (Wildman–Crippen LogP) is 2.18. The fourth-order valence-corrected chi connectivity index (χ4v) is 2.80. The lowest BCUT2D eigenvalue weighted by Gasteiger charge is -2.19. The molecule has 0 saturated heterocycles. The third kappa shape index (κ3) is 3.24. The van der Waals surface area contributed by atoms with E-state index in [2.05, 4.69) is 4.72 Å². The Labute approximate surface area is 110 Å². The minimum absolute atomic E-state index is 0.159. The molecule has 0 aromatic heterocycles. The molecule has 1 aromatic rings. The number of nitrogens with one attached hydrogen (secondary N) is 1. The van der Waals surface area contributed by atoms with Crippen LogP contribution in [0.4, 0.5) is 10.1 Å². The largest absolute Gasteiger partial charge is 0.506 e. The topological polar surface area (TPSA) is 69.6 Å². The van der Waals surface area contributed by atoms with E-state index in [-0.39, 0.29) is 23.8 Å². The van der Waals surface area contributed by atoms with Crippen molar-refractivity contribution in [2.75, 3.05) is 17.8 Å². The Bertz CT molecular complexity index is 532. The quantitative estimate of drug-likeness (QED) is 0.818. The summed E-state index contributed by atoms with van der Waals surface area (Å²) in [7, 11) is -3.79. The van der Waals surface area contributed by atoms with Crippen LogP contribution >= 0.6 is 11.6 Å². The van der Waals surface area contributed by atoms with Gasteiger partial charge >= 0.3 is 10.2 Å². The minimum atomic E-state index is -3.79. The Balaban J connectivity index is 3.08. The molecule has 0 amide bonds. The number of phenolic OH excluding ortho intramolecular Hbond substituents is 1. The molecule has 8 heteroatoms. The molecular formula is C10H14ClFN2O3S. The van der Waals surface area contributed by atoms with Gasteiger partial charge < -0.3 is 5.11 Å². The van der Waals surface area contributed by atoms with Crippen molar-refractivity contribution in [3.8, 4) is 5.75 Å². The summed E-state index contributed by atoms with van der Waals surface area (Å²) >= 11 is 5.53. The lowest BCUT2D eigenvalue weighted by atomic mass is 10.3. The Kier molecular flexibility index (Phi) is 4.78. The summed E-state index contributed by atoms with van der Waals surface area (Å²) in [4.78, 5) is 0. The number of aromatic hydroxyl groups is 1. The zero-order valence-corrected chi connectivity index (χ0v) is 11.5. The van der Waals surface area contributed by atoms with Gasteiger partial charge in [-0.3, -0.25) is 4.72 Å². The summed E-state index contributed by atoms with van der Waals surface area (Å²) < 4.78 is 40.1. The summed E-state index contributed by atoms with van der Waals surface area (Å²) in [5.74, 6) is -1.34. The van der Waals surface area contributed by atoms with E-state index in [9.17, 15) is 17.9 Å². The third-order valence-corrected chi connectivity index (χ3v) is 4.29. The van der Waals surface area contributed by atoms with Gasteiger partial charge in [-0.15, -0.1) is 0 Å². The van der Waals surface area contributed by atoms with Crippen LogP contribution in [0, 0.1) is 5.82 Å². The van der Waals surface area contributed by atoms with Crippen molar-refractivity contribution in [2.45, 2.75) is 13.8 Å². The lowest BCUT2D eigenvalue weighted by molar-refractivity contribution is 0.447.